The smallest absolute Gasteiger partial charge is 0.234 e. The Morgan fingerprint density at radius 3 is 2.64 bits per heavy atom. The van der Waals surface area contributed by atoms with E-state index in [9.17, 15) is 9.90 Å². The Balaban J connectivity index is 1.39. The molecular weight excluding hydrogens is 280 g/mol. The molecule has 2 fully saturated rings. The number of piperazine rings is 1. The molecule has 0 bridgehead atoms. The normalized spacial score (nSPS) is 20.7. The fourth-order valence-electron chi connectivity index (χ4n) is 2.79. The Bertz CT molecular complexity index is 496. The molecule has 0 radical (unpaired) electrons. The van der Waals surface area contributed by atoms with Gasteiger partial charge in [0, 0.05) is 44.3 Å². The van der Waals surface area contributed by atoms with Gasteiger partial charge in [0.25, 0.3) is 0 Å². The quantitative estimate of drug-likeness (QED) is 0.780. The molecule has 1 amide bonds. The summed E-state index contributed by atoms with van der Waals surface area (Å²) in [7, 11) is 0. The summed E-state index contributed by atoms with van der Waals surface area (Å²) in [5.74, 6) is 1.07. The third-order valence-electron chi connectivity index (χ3n) is 4.67. The molecule has 2 aliphatic rings. The van der Waals surface area contributed by atoms with Crippen molar-refractivity contribution in [2.24, 2.45) is 5.41 Å². The maximum atomic E-state index is 12.0. The van der Waals surface area contributed by atoms with Crippen molar-refractivity contribution < 1.29 is 9.90 Å². The highest BCUT2D eigenvalue weighted by atomic mass is 16.3. The van der Waals surface area contributed by atoms with Crippen LogP contribution in [-0.4, -0.2) is 66.8 Å². The van der Waals surface area contributed by atoms with Crippen LogP contribution in [0, 0.1) is 5.41 Å². The van der Waals surface area contributed by atoms with Crippen LogP contribution in [0.25, 0.3) is 0 Å². The van der Waals surface area contributed by atoms with Gasteiger partial charge in [-0.2, -0.15) is 0 Å². The number of nitrogens with zero attached hydrogens (tertiary/aromatic N) is 3. The molecule has 6 nitrogen and oxygen atoms in total. The second kappa shape index (κ2) is 6.62. The van der Waals surface area contributed by atoms with Crippen molar-refractivity contribution in [3.05, 3.63) is 24.4 Å². The van der Waals surface area contributed by atoms with E-state index >= 15 is 0 Å². The number of rotatable bonds is 6. The van der Waals surface area contributed by atoms with Crippen LogP contribution in [0.4, 0.5) is 5.82 Å². The summed E-state index contributed by atoms with van der Waals surface area (Å²) in [6.07, 6.45) is 3.85. The molecule has 0 spiro atoms. The van der Waals surface area contributed by atoms with E-state index in [4.69, 9.17) is 0 Å². The molecule has 120 valence electrons. The summed E-state index contributed by atoms with van der Waals surface area (Å²) in [6.45, 7) is 4.75. The summed E-state index contributed by atoms with van der Waals surface area (Å²) in [5.41, 5.74) is -0.0205. The zero-order valence-electron chi connectivity index (χ0n) is 12.9. The molecule has 1 aliphatic carbocycles. The maximum absolute atomic E-state index is 12.0. The lowest BCUT2D eigenvalue weighted by Crippen LogP contribution is -2.50. The van der Waals surface area contributed by atoms with Gasteiger partial charge in [0.15, 0.2) is 0 Å². The van der Waals surface area contributed by atoms with Crippen LogP contribution < -0.4 is 10.2 Å². The van der Waals surface area contributed by atoms with Gasteiger partial charge in [0.1, 0.15) is 5.82 Å². The molecular formula is C16H24N4O2. The molecule has 1 aromatic rings. The van der Waals surface area contributed by atoms with Crippen molar-refractivity contribution in [3.8, 4) is 0 Å². The number of hydrogen-bond donors (Lipinski definition) is 2. The van der Waals surface area contributed by atoms with E-state index in [1.807, 2.05) is 24.4 Å². The number of aliphatic hydroxyl groups is 1. The van der Waals surface area contributed by atoms with Crippen molar-refractivity contribution in [1.29, 1.82) is 0 Å². The van der Waals surface area contributed by atoms with E-state index in [0.717, 1.165) is 44.8 Å². The Morgan fingerprint density at radius 1 is 1.27 bits per heavy atom. The first-order chi connectivity index (χ1) is 10.7. The first-order valence-corrected chi connectivity index (χ1v) is 7.97. The topological polar surface area (TPSA) is 68.7 Å². The fraction of sp³-hybridized carbons (Fsp3) is 0.625. The van der Waals surface area contributed by atoms with E-state index in [2.05, 4.69) is 20.1 Å². The first kappa shape index (κ1) is 15.2. The third kappa shape index (κ3) is 3.75. The molecule has 1 saturated heterocycles. The maximum Gasteiger partial charge on any atom is 0.234 e. The molecule has 0 atom stereocenters. The van der Waals surface area contributed by atoms with Gasteiger partial charge in [-0.3, -0.25) is 9.69 Å². The summed E-state index contributed by atoms with van der Waals surface area (Å²) >= 11 is 0. The molecule has 1 aliphatic heterocycles. The van der Waals surface area contributed by atoms with Gasteiger partial charge in [-0.25, -0.2) is 4.98 Å². The largest absolute Gasteiger partial charge is 0.396 e. The molecule has 22 heavy (non-hydrogen) atoms. The van der Waals surface area contributed by atoms with Crippen LogP contribution >= 0.6 is 0 Å². The van der Waals surface area contributed by atoms with Crippen molar-refractivity contribution in [2.75, 3.05) is 50.8 Å². The number of nitrogens with one attached hydrogen (secondary N) is 1. The molecule has 6 heteroatoms. The summed E-state index contributed by atoms with van der Waals surface area (Å²) in [4.78, 5) is 20.8. The van der Waals surface area contributed by atoms with E-state index in [-0.39, 0.29) is 17.9 Å². The third-order valence-corrected chi connectivity index (χ3v) is 4.67. The number of hydrogen-bond acceptors (Lipinski definition) is 5. The van der Waals surface area contributed by atoms with Crippen LogP contribution in [0.5, 0.6) is 0 Å². The van der Waals surface area contributed by atoms with Gasteiger partial charge in [-0.05, 0) is 25.0 Å². The summed E-state index contributed by atoms with van der Waals surface area (Å²) in [6, 6.07) is 5.94. The van der Waals surface area contributed by atoms with Gasteiger partial charge in [-0.15, -0.1) is 0 Å². The minimum atomic E-state index is -0.0205. The number of aliphatic hydroxyl groups excluding tert-OH is 1. The number of pyridine rings is 1. The van der Waals surface area contributed by atoms with Crippen molar-refractivity contribution in [1.82, 2.24) is 15.2 Å². The highest BCUT2D eigenvalue weighted by Gasteiger charge is 2.42. The highest BCUT2D eigenvalue weighted by Crippen LogP contribution is 2.44. The minimum absolute atomic E-state index is 0.0205. The molecule has 0 aromatic carbocycles. The average molecular weight is 304 g/mol. The second-order valence-electron chi connectivity index (χ2n) is 6.39. The molecule has 2 heterocycles. The summed E-state index contributed by atoms with van der Waals surface area (Å²) in [5, 5.41) is 12.2. The van der Waals surface area contributed by atoms with E-state index in [1.54, 1.807) is 0 Å². The predicted molar refractivity (Wildman–Crippen MR) is 84.7 cm³/mol. The highest BCUT2D eigenvalue weighted by molar-refractivity contribution is 5.78. The van der Waals surface area contributed by atoms with Gasteiger partial charge in [-0.1, -0.05) is 6.07 Å². The number of amides is 1. The summed E-state index contributed by atoms with van der Waals surface area (Å²) < 4.78 is 0. The lowest BCUT2D eigenvalue weighted by Gasteiger charge is -2.35. The standard InChI is InChI=1S/C16H24N4O2/c21-13-16(4-5-16)12-18-15(22)11-19-7-9-20(10-8-19)14-3-1-2-6-17-14/h1-3,6,21H,4-5,7-13H2,(H,18,22). The predicted octanol–water partition coefficient (Wildman–Crippen LogP) is 0.0923. The second-order valence-corrected chi connectivity index (χ2v) is 6.39. The Hall–Kier alpha value is -1.66. The first-order valence-electron chi connectivity index (χ1n) is 7.97. The van der Waals surface area contributed by atoms with E-state index < -0.39 is 0 Å². The van der Waals surface area contributed by atoms with Crippen molar-refractivity contribution in [3.63, 3.8) is 0 Å². The number of aromatic nitrogens is 1. The van der Waals surface area contributed by atoms with Crippen LogP contribution in [0.15, 0.2) is 24.4 Å². The van der Waals surface area contributed by atoms with Crippen molar-refractivity contribution >= 4 is 11.7 Å². The molecule has 0 unspecified atom stereocenters. The van der Waals surface area contributed by atoms with Gasteiger partial charge in [0.2, 0.25) is 5.91 Å². The molecule has 3 rings (SSSR count). The fourth-order valence-corrected chi connectivity index (χ4v) is 2.79. The zero-order chi connectivity index (χ0) is 15.4. The zero-order valence-corrected chi connectivity index (χ0v) is 12.9. The monoisotopic (exact) mass is 304 g/mol. The van der Waals surface area contributed by atoms with Crippen molar-refractivity contribution in [2.45, 2.75) is 12.8 Å². The Kier molecular flexibility index (Phi) is 4.59. The van der Waals surface area contributed by atoms with Gasteiger partial charge in [0.05, 0.1) is 13.2 Å². The SMILES string of the molecule is O=C(CN1CCN(c2ccccn2)CC1)NCC1(CO)CC1. The van der Waals surface area contributed by atoms with Crippen LogP contribution in [0.3, 0.4) is 0 Å². The van der Waals surface area contributed by atoms with Gasteiger partial charge < -0.3 is 15.3 Å². The molecule has 1 saturated carbocycles. The molecule has 1 aromatic heterocycles. The minimum Gasteiger partial charge on any atom is -0.396 e. The lowest BCUT2D eigenvalue weighted by molar-refractivity contribution is -0.122. The van der Waals surface area contributed by atoms with Gasteiger partial charge >= 0.3 is 0 Å². The van der Waals surface area contributed by atoms with E-state index in [1.165, 1.54) is 0 Å². The molecule has 2 N–H and O–H groups in total. The van der Waals surface area contributed by atoms with E-state index in [0.29, 0.717) is 13.1 Å². The van der Waals surface area contributed by atoms with Crippen LogP contribution in [0.2, 0.25) is 0 Å². The van der Waals surface area contributed by atoms with Crippen LogP contribution in [-0.2, 0) is 4.79 Å². The lowest BCUT2D eigenvalue weighted by atomic mass is 10.1. The Labute approximate surface area is 131 Å². The number of anilines is 1. The van der Waals surface area contributed by atoms with Crippen LogP contribution in [0.1, 0.15) is 12.8 Å². The number of carbonyl (C=O) groups is 1. The average Bonchev–Trinajstić information content (AvgIpc) is 3.35. The Morgan fingerprint density at radius 2 is 2.05 bits per heavy atom. The number of carbonyl (C=O) groups excluding carboxylic acids is 1.